The van der Waals surface area contributed by atoms with Crippen molar-refractivity contribution in [2.75, 3.05) is 0 Å². The van der Waals surface area contributed by atoms with Gasteiger partial charge in [-0.1, -0.05) is 35.4 Å². The zero-order valence-corrected chi connectivity index (χ0v) is 10.3. The molecular weight excluding hydrogens is 376 g/mol. The molecule has 0 spiro atoms. The molecule has 1 saturated carbocycles. The Balaban J connectivity index is 2.55. The Labute approximate surface area is 92.8 Å². The molecule has 0 aliphatic heterocycles. The highest BCUT2D eigenvalue weighted by Gasteiger charge is 2.41. The molecule has 1 fully saturated rings. The van der Waals surface area contributed by atoms with Crippen molar-refractivity contribution >= 4 is 45.2 Å². The van der Waals surface area contributed by atoms with Crippen LogP contribution in [0.1, 0.15) is 25.7 Å². The van der Waals surface area contributed by atoms with Crippen LogP contribution in [0, 0.1) is 5.92 Å². The highest BCUT2D eigenvalue weighted by Crippen LogP contribution is 2.43. The van der Waals surface area contributed by atoms with Crippen LogP contribution in [0.15, 0.2) is 0 Å². The lowest BCUT2D eigenvalue weighted by atomic mass is 9.90. The van der Waals surface area contributed by atoms with Gasteiger partial charge in [-0.05, 0) is 35.4 Å². The highest BCUT2D eigenvalue weighted by atomic mass is 127. The van der Waals surface area contributed by atoms with Gasteiger partial charge in [0.2, 0.25) is 0 Å². The van der Waals surface area contributed by atoms with Crippen LogP contribution in [0.2, 0.25) is 0 Å². The van der Waals surface area contributed by atoms with Crippen LogP contribution < -0.4 is 0 Å². The quantitative estimate of drug-likeness (QED) is 0.472. The lowest BCUT2D eigenvalue weighted by Gasteiger charge is -2.30. The van der Waals surface area contributed by atoms with Crippen molar-refractivity contribution in [3.05, 3.63) is 0 Å². The Morgan fingerprint density at radius 2 is 1.73 bits per heavy atom. The lowest BCUT2D eigenvalue weighted by molar-refractivity contribution is 0.0441. The largest absolute Gasteiger partial charge is 0.300 e. The van der Waals surface area contributed by atoms with Gasteiger partial charge in [-0.3, -0.25) is 0 Å². The Bertz CT molecular complexity index is 133. The molecule has 0 amide bonds. The fourth-order valence-electron chi connectivity index (χ4n) is 1.45. The van der Waals surface area contributed by atoms with Crippen LogP contribution >= 0.6 is 45.2 Å². The van der Waals surface area contributed by atoms with Crippen molar-refractivity contribution in [3.8, 4) is 0 Å². The second-order valence-corrected chi connectivity index (χ2v) is 5.99. The monoisotopic (exact) mass is 386 g/mol. The summed E-state index contributed by atoms with van der Waals surface area (Å²) in [5.74, 6) is -0.391. The van der Waals surface area contributed by atoms with E-state index in [1.165, 1.54) is 22.6 Å². The molecule has 11 heavy (non-hydrogen) atoms. The van der Waals surface area contributed by atoms with Gasteiger partial charge in [-0.15, -0.1) is 0 Å². The van der Waals surface area contributed by atoms with E-state index in [-0.39, 0.29) is 3.92 Å². The fourth-order valence-corrected chi connectivity index (χ4v) is 4.14. The first-order valence-electron chi connectivity index (χ1n) is 3.72. The van der Waals surface area contributed by atoms with E-state index in [4.69, 9.17) is 0 Å². The minimum atomic E-state index is -2.50. The van der Waals surface area contributed by atoms with Crippen LogP contribution in [0.5, 0.6) is 0 Å². The third-order valence-electron chi connectivity index (χ3n) is 2.10. The Kier molecular flexibility index (Phi) is 3.80. The maximum Gasteiger partial charge on any atom is 0.300 e. The van der Waals surface area contributed by atoms with Gasteiger partial charge >= 0.3 is 0 Å². The predicted octanol–water partition coefficient (Wildman–Crippen LogP) is 4.01. The highest BCUT2D eigenvalue weighted by molar-refractivity contribution is 14.1. The molecule has 0 nitrogen and oxygen atoms in total. The van der Waals surface area contributed by atoms with Gasteiger partial charge in [-0.25, -0.2) is 0 Å². The number of halogens is 4. The molecule has 0 saturated heterocycles. The first-order chi connectivity index (χ1) is 5.02. The van der Waals surface area contributed by atoms with Gasteiger partial charge in [0, 0.05) is 9.84 Å². The summed E-state index contributed by atoms with van der Waals surface area (Å²) in [7, 11) is 0. The first-order valence-corrected chi connectivity index (χ1v) is 6.05. The number of alkyl halides is 4. The Hall–Kier alpha value is 1.32. The molecule has 0 bridgehead atoms. The van der Waals surface area contributed by atoms with E-state index in [2.05, 4.69) is 22.6 Å². The average Bonchev–Trinajstić information content (AvgIpc) is 1.86. The van der Waals surface area contributed by atoms with Gasteiger partial charge in [0.05, 0.1) is 0 Å². The van der Waals surface area contributed by atoms with Crippen LogP contribution in [-0.2, 0) is 0 Å². The van der Waals surface area contributed by atoms with E-state index in [0.29, 0.717) is 6.42 Å². The number of hydrogen-bond acceptors (Lipinski definition) is 0. The van der Waals surface area contributed by atoms with E-state index in [9.17, 15) is 8.78 Å². The van der Waals surface area contributed by atoms with Gasteiger partial charge in [0.15, 0.2) is 0 Å². The van der Waals surface area contributed by atoms with Crippen LogP contribution in [0.25, 0.3) is 0 Å². The van der Waals surface area contributed by atoms with E-state index < -0.39 is 9.85 Å². The van der Waals surface area contributed by atoms with E-state index in [1.807, 2.05) is 0 Å². The summed E-state index contributed by atoms with van der Waals surface area (Å²) >= 11 is 3.43. The minimum absolute atomic E-state index is 0.174. The first kappa shape index (κ1) is 10.4. The minimum Gasteiger partial charge on any atom is -0.195 e. The maximum absolute atomic E-state index is 12.8. The molecule has 0 heterocycles. The third-order valence-corrected chi connectivity index (χ3v) is 4.39. The SMILES string of the molecule is FC(F)(I)[C@@H]1CCCC[C@H]1I. The molecule has 0 unspecified atom stereocenters. The second-order valence-electron chi connectivity index (χ2n) is 2.95. The maximum atomic E-state index is 12.8. The van der Waals surface area contributed by atoms with E-state index >= 15 is 0 Å². The lowest BCUT2D eigenvalue weighted by Crippen LogP contribution is -2.31. The molecule has 4 heteroatoms. The zero-order chi connectivity index (χ0) is 8.48. The van der Waals surface area contributed by atoms with Crippen molar-refractivity contribution in [1.82, 2.24) is 0 Å². The Morgan fingerprint density at radius 1 is 1.18 bits per heavy atom. The molecule has 0 aromatic heterocycles. The Morgan fingerprint density at radius 3 is 2.09 bits per heavy atom. The smallest absolute Gasteiger partial charge is 0.195 e. The van der Waals surface area contributed by atoms with Crippen LogP contribution in [0.4, 0.5) is 8.78 Å². The standard InChI is InChI=1S/C7H10F2I2/c8-7(9,11)5-3-1-2-4-6(5)10/h5-6H,1-4H2/t5-,6-/m1/s1. The van der Waals surface area contributed by atoms with Crippen molar-refractivity contribution in [3.63, 3.8) is 0 Å². The van der Waals surface area contributed by atoms with Crippen molar-refractivity contribution in [2.45, 2.75) is 33.5 Å². The molecule has 0 aromatic rings. The van der Waals surface area contributed by atoms with Crippen molar-refractivity contribution in [1.29, 1.82) is 0 Å². The number of rotatable bonds is 1. The van der Waals surface area contributed by atoms with Gasteiger partial charge in [0.25, 0.3) is 3.93 Å². The molecule has 1 aliphatic carbocycles. The summed E-state index contributed by atoms with van der Waals surface area (Å²) in [4.78, 5) is 0. The average molecular weight is 386 g/mol. The second kappa shape index (κ2) is 4.02. The van der Waals surface area contributed by atoms with Crippen LogP contribution in [-0.4, -0.2) is 7.85 Å². The number of hydrogen-bond donors (Lipinski definition) is 0. The third kappa shape index (κ3) is 2.93. The van der Waals surface area contributed by atoms with Gasteiger partial charge in [0.1, 0.15) is 0 Å². The summed E-state index contributed by atoms with van der Waals surface area (Å²) in [6.45, 7) is 0. The molecule has 1 aliphatic rings. The fraction of sp³-hybridized carbons (Fsp3) is 1.00. The molecule has 0 aromatic carbocycles. The van der Waals surface area contributed by atoms with Gasteiger partial charge in [-0.2, -0.15) is 8.78 Å². The topological polar surface area (TPSA) is 0 Å². The molecular formula is C7H10F2I2. The predicted molar refractivity (Wildman–Crippen MR) is 58.7 cm³/mol. The summed E-state index contributed by atoms with van der Waals surface area (Å²) in [5, 5.41) is 0. The van der Waals surface area contributed by atoms with E-state index in [0.717, 1.165) is 19.3 Å². The van der Waals surface area contributed by atoms with Gasteiger partial charge < -0.3 is 0 Å². The molecule has 0 radical (unpaired) electrons. The van der Waals surface area contributed by atoms with Crippen LogP contribution in [0.3, 0.4) is 0 Å². The molecule has 66 valence electrons. The van der Waals surface area contributed by atoms with Crippen molar-refractivity contribution in [2.24, 2.45) is 5.92 Å². The zero-order valence-electron chi connectivity index (χ0n) is 5.99. The van der Waals surface area contributed by atoms with Crippen molar-refractivity contribution < 1.29 is 8.78 Å². The molecule has 0 N–H and O–H groups in total. The van der Waals surface area contributed by atoms with E-state index in [1.54, 1.807) is 0 Å². The molecule has 2 atom stereocenters. The summed E-state index contributed by atoms with van der Waals surface area (Å²) in [5.41, 5.74) is 0. The summed E-state index contributed by atoms with van der Waals surface area (Å²) in [6.07, 6.45) is 3.76. The normalized spacial score (nSPS) is 33.8. The molecule has 1 rings (SSSR count). The summed E-state index contributed by atoms with van der Waals surface area (Å²) < 4.78 is 23.4. The summed E-state index contributed by atoms with van der Waals surface area (Å²) in [6, 6.07) is 0.